The average Bonchev–Trinajstić information content (AvgIpc) is 2.51. The van der Waals surface area contributed by atoms with Crippen LogP contribution < -0.4 is 0 Å². The van der Waals surface area contributed by atoms with Crippen molar-refractivity contribution in [3.63, 3.8) is 0 Å². The van der Waals surface area contributed by atoms with E-state index < -0.39 is 11.9 Å². The Hall–Kier alpha value is -1.84. The number of carbonyl (C=O) groups excluding carboxylic acids is 1. The van der Waals surface area contributed by atoms with Crippen LogP contribution >= 0.6 is 0 Å². The summed E-state index contributed by atoms with van der Waals surface area (Å²) in [4.78, 5) is 22.5. The van der Waals surface area contributed by atoms with E-state index in [-0.39, 0.29) is 18.0 Å². The Kier molecular flexibility index (Phi) is 2.42. The minimum atomic E-state index is -0.983. The lowest BCUT2D eigenvalue weighted by atomic mass is 10.00. The van der Waals surface area contributed by atoms with Gasteiger partial charge in [0.2, 0.25) is 0 Å². The highest BCUT2D eigenvalue weighted by molar-refractivity contribution is 6.05. The molecule has 1 aliphatic rings. The van der Waals surface area contributed by atoms with Gasteiger partial charge in [0, 0.05) is 17.0 Å². The molecule has 2 rings (SSSR count). The molecule has 0 fully saturated rings. The predicted molar refractivity (Wildman–Crippen MR) is 56.6 cm³/mol. The van der Waals surface area contributed by atoms with Crippen LogP contribution in [0.15, 0.2) is 12.1 Å². The molecule has 1 aromatic rings. The average molecular weight is 220 g/mol. The van der Waals surface area contributed by atoms with E-state index in [9.17, 15) is 14.7 Å². The topological polar surface area (TPSA) is 74.6 Å². The zero-order valence-corrected chi connectivity index (χ0v) is 8.86. The molecule has 0 radical (unpaired) electrons. The Morgan fingerprint density at radius 2 is 2.19 bits per heavy atom. The number of aliphatic carboxylic acids is 1. The number of hydrogen-bond donors (Lipinski definition) is 2. The third-order valence-corrected chi connectivity index (χ3v) is 2.99. The first-order chi connectivity index (χ1) is 7.50. The van der Waals surface area contributed by atoms with Crippen LogP contribution in [0.3, 0.4) is 0 Å². The van der Waals surface area contributed by atoms with E-state index in [1.165, 1.54) is 0 Å². The summed E-state index contributed by atoms with van der Waals surface area (Å²) in [6.07, 6.45) is 0.153. The van der Waals surface area contributed by atoms with Gasteiger partial charge < -0.3 is 10.2 Å². The molecule has 0 heterocycles. The van der Waals surface area contributed by atoms with E-state index in [0.717, 1.165) is 5.56 Å². The molecule has 1 unspecified atom stereocenters. The van der Waals surface area contributed by atoms with Gasteiger partial charge in [-0.3, -0.25) is 9.59 Å². The molecule has 4 nitrogen and oxygen atoms in total. The highest BCUT2D eigenvalue weighted by atomic mass is 16.4. The van der Waals surface area contributed by atoms with Gasteiger partial charge in [0.1, 0.15) is 5.75 Å². The normalized spacial score (nSPS) is 18.6. The molecule has 1 aromatic carbocycles. The minimum Gasteiger partial charge on any atom is -0.508 e. The summed E-state index contributed by atoms with van der Waals surface area (Å²) in [5.74, 6) is -1.59. The van der Waals surface area contributed by atoms with Crippen LogP contribution in [0, 0.1) is 12.8 Å². The van der Waals surface area contributed by atoms with Gasteiger partial charge in [0.15, 0.2) is 5.78 Å². The molecule has 0 aliphatic heterocycles. The van der Waals surface area contributed by atoms with Crippen LogP contribution in [0.25, 0.3) is 0 Å². The van der Waals surface area contributed by atoms with Crippen LogP contribution in [0.4, 0.5) is 0 Å². The zero-order valence-electron chi connectivity index (χ0n) is 8.86. The summed E-state index contributed by atoms with van der Waals surface area (Å²) in [6, 6.07) is 3.22. The second-order valence-electron chi connectivity index (χ2n) is 4.12. The summed E-state index contributed by atoms with van der Waals surface area (Å²) in [5.41, 5.74) is 1.90. The van der Waals surface area contributed by atoms with Gasteiger partial charge in [0.05, 0.1) is 6.42 Å². The van der Waals surface area contributed by atoms with Crippen LogP contribution in [0.1, 0.15) is 27.9 Å². The maximum Gasteiger partial charge on any atom is 0.304 e. The molecule has 1 atom stereocenters. The smallest absolute Gasteiger partial charge is 0.304 e. The molecule has 1 aliphatic carbocycles. The fraction of sp³-hybridized carbons (Fsp3) is 0.333. The van der Waals surface area contributed by atoms with E-state index in [1.54, 1.807) is 19.1 Å². The van der Waals surface area contributed by atoms with E-state index in [1.807, 2.05) is 0 Å². The van der Waals surface area contributed by atoms with Crippen molar-refractivity contribution in [2.24, 2.45) is 5.92 Å². The molecule has 84 valence electrons. The van der Waals surface area contributed by atoms with Crippen molar-refractivity contribution in [3.05, 3.63) is 28.8 Å². The number of carboxylic acids is 1. The van der Waals surface area contributed by atoms with Gasteiger partial charge in [-0.25, -0.2) is 0 Å². The lowest BCUT2D eigenvalue weighted by molar-refractivity contribution is -0.137. The predicted octanol–water partition coefficient (Wildman–Crippen LogP) is 1.53. The maximum absolute atomic E-state index is 11.9. The number of phenols is 1. The van der Waals surface area contributed by atoms with E-state index in [4.69, 9.17) is 5.11 Å². The molecule has 0 aromatic heterocycles. The Bertz CT molecular complexity index is 476. The fourth-order valence-corrected chi connectivity index (χ4v) is 2.22. The molecule has 2 N–H and O–H groups in total. The molecule has 0 saturated heterocycles. The number of rotatable bonds is 2. The second-order valence-corrected chi connectivity index (χ2v) is 4.12. The second kappa shape index (κ2) is 3.63. The van der Waals surface area contributed by atoms with Gasteiger partial charge in [0.25, 0.3) is 0 Å². The first-order valence-corrected chi connectivity index (χ1v) is 5.08. The first kappa shape index (κ1) is 10.7. The number of carbonyl (C=O) groups is 2. The summed E-state index contributed by atoms with van der Waals surface area (Å²) >= 11 is 0. The van der Waals surface area contributed by atoms with E-state index in [0.29, 0.717) is 17.5 Å². The molecule has 0 amide bonds. The van der Waals surface area contributed by atoms with Crippen molar-refractivity contribution in [2.75, 3.05) is 0 Å². The number of Topliss-reactive ketones (excluding diaryl/α,β-unsaturated/α-hetero) is 1. The van der Waals surface area contributed by atoms with Crippen molar-refractivity contribution in [2.45, 2.75) is 19.8 Å². The molecule has 0 spiro atoms. The molecular weight excluding hydrogens is 208 g/mol. The molecule has 16 heavy (non-hydrogen) atoms. The number of aromatic hydroxyl groups is 1. The standard InChI is InChI=1S/C12H12O4/c1-6-2-3-9(13)8-4-7(5-10(14)15)12(16)11(6)8/h2-3,7,13H,4-5H2,1H3,(H,14,15). The lowest BCUT2D eigenvalue weighted by Gasteiger charge is -2.03. The zero-order chi connectivity index (χ0) is 11.9. The molecule has 0 bridgehead atoms. The Balaban J connectivity index is 2.42. The minimum absolute atomic E-state index is 0.0850. The summed E-state index contributed by atoms with van der Waals surface area (Å²) < 4.78 is 0. The Morgan fingerprint density at radius 1 is 1.50 bits per heavy atom. The van der Waals surface area contributed by atoms with Crippen LogP contribution in [0.5, 0.6) is 5.75 Å². The lowest BCUT2D eigenvalue weighted by Crippen LogP contribution is -2.14. The highest BCUT2D eigenvalue weighted by Gasteiger charge is 2.34. The number of carboxylic acid groups (broad SMARTS) is 1. The third kappa shape index (κ3) is 1.56. The molecule has 0 saturated carbocycles. The van der Waals surface area contributed by atoms with E-state index in [2.05, 4.69) is 0 Å². The Morgan fingerprint density at radius 3 is 2.75 bits per heavy atom. The van der Waals surface area contributed by atoms with Crippen LogP contribution in [-0.2, 0) is 11.2 Å². The van der Waals surface area contributed by atoms with Crippen LogP contribution in [-0.4, -0.2) is 22.0 Å². The molecule has 4 heteroatoms. The first-order valence-electron chi connectivity index (χ1n) is 5.08. The number of phenolic OH excluding ortho intramolecular Hbond substituents is 1. The van der Waals surface area contributed by atoms with Gasteiger partial charge in [-0.2, -0.15) is 0 Å². The number of aryl methyl sites for hydroxylation is 1. The van der Waals surface area contributed by atoms with E-state index >= 15 is 0 Å². The monoisotopic (exact) mass is 220 g/mol. The van der Waals surface area contributed by atoms with Gasteiger partial charge in [-0.15, -0.1) is 0 Å². The summed E-state index contributed by atoms with van der Waals surface area (Å²) in [5, 5.41) is 18.3. The van der Waals surface area contributed by atoms with Crippen molar-refractivity contribution in [1.82, 2.24) is 0 Å². The fourth-order valence-electron chi connectivity index (χ4n) is 2.22. The van der Waals surface area contributed by atoms with Gasteiger partial charge >= 0.3 is 5.97 Å². The summed E-state index contributed by atoms with van der Waals surface area (Å²) in [6.45, 7) is 1.79. The van der Waals surface area contributed by atoms with Crippen molar-refractivity contribution in [3.8, 4) is 5.75 Å². The van der Waals surface area contributed by atoms with Crippen molar-refractivity contribution < 1.29 is 19.8 Å². The molecular formula is C12H12O4. The highest BCUT2D eigenvalue weighted by Crippen LogP contribution is 2.36. The SMILES string of the molecule is Cc1ccc(O)c2c1C(=O)C(CC(=O)O)C2. The number of fused-ring (bicyclic) bond motifs is 1. The number of benzene rings is 1. The number of hydrogen-bond acceptors (Lipinski definition) is 3. The van der Waals surface area contributed by atoms with Crippen molar-refractivity contribution >= 4 is 11.8 Å². The maximum atomic E-state index is 11.9. The van der Waals surface area contributed by atoms with Gasteiger partial charge in [-0.05, 0) is 25.0 Å². The summed E-state index contributed by atoms with van der Waals surface area (Å²) in [7, 11) is 0. The third-order valence-electron chi connectivity index (χ3n) is 2.99. The van der Waals surface area contributed by atoms with Crippen molar-refractivity contribution in [1.29, 1.82) is 0 Å². The van der Waals surface area contributed by atoms with Gasteiger partial charge in [-0.1, -0.05) is 6.07 Å². The Labute approximate surface area is 92.5 Å². The largest absolute Gasteiger partial charge is 0.508 e. The quantitative estimate of drug-likeness (QED) is 0.792. The number of ketones is 1. The van der Waals surface area contributed by atoms with Crippen LogP contribution in [0.2, 0.25) is 0 Å².